The van der Waals surface area contributed by atoms with Gasteiger partial charge in [-0.15, -0.1) is 0 Å². The summed E-state index contributed by atoms with van der Waals surface area (Å²) in [5, 5.41) is 5.93. The highest BCUT2D eigenvalue weighted by molar-refractivity contribution is 9.10. The topological polar surface area (TPSA) is 41.1 Å². The van der Waals surface area contributed by atoms with Gasteiger partial charge in [0.05, 0.1) is 11.0 Å². The summed E-state index contributed by atoms with van der Waals surface area (Å²) in [5.74, 6) is -0.357. The first-order valence-corrected chi connectivity index (χ1v) is 7.22. The second kappa shape index (κ2) is 7.48. The molecule has 19 heavy (non-hydrogen) atoms. The van der Waals surface area contributed by atoms with Crippen LogP contribution < -0.4 is 10.6 Å². The summed E-state index contributed by atoms with van der Waals surface area (Å²) in [6, 6.07) is 3.26. The summed E-state index contributed by atoms with van der Waals surface area (Å²) in [7, 11) is 0. The largest absolute Gasteiger partial charge is 0.376 e. The van der Waals surface area contributed by atoms with Gasteiger partial charge in [0.15, 0.2) is 0 Å². The van der Waals surface area contributed by atoms with E-state index in [0.29, 0.717) is 4.47 Å². The number of hydrogen-bond acceptors (Lipinski definition) is 2. The third-order valence-electron chi connectivity index (χ3n) is 2.84. The van der Waals surface area contributed by atoms with Gasteiger partial charge in [0.2, 0.25) is 5.91 Å². The average molecular weight is 331 g/mol. The molecule has 0 heterocycles. The molecule has 1 unspecified atom stereocenters. The molecule has 0 aromatic heterocycles. The maximum atomic E-state index is 13.3. The first-order valence-electron chi connectivity index (χ1n) is 6.43. The summed E-state index contributed by atoms with van der Waals surface area (Å²) >= 11 is 3.13. The molecule has 0 aliphatic carbocycles. The zero-order valence-corrected chi connectivity index (χ0v) is 13.1. The lowest BCUT2D eigenvalue weighted by Gasteiger charge is -2.14. The van der Waals surface area contributed by atoms with Crippen molar-refractivity contribution in [2.75, 3.05) is 11.9 Å². The van der Waals surface area contributed by atoms with Crippen LogP contribution in [0.4, 0.5) is 10.1 Å². The van der Waals surface area contributed by atoms with E-state index in [4.69, 9.17) is 0 Å². The Morgan fingerprint density at radius 1 is 1.47 bits per heavy atom. The van der Waals surface area contributed by atoms with E-state index in [-0.39, 0.29) is 24.3 Å². The number of hydrogen-bond donors (Lipinski definition) is 2. The molecule has 0 fully saturated rings. The molecule has 1 atom stereocenters. The Hall–Kier alpha value is -1.10. The normalized spacial score (nSPS) is 12.1. The van der Waals surface area contributed by atoms with Crippen LogP contribution in [0.2, 0.25) is 0 Å². The minimum absolute atomic E-state index is 0.0548. The zero-order chi connectivity index (χ0) is 14.4. The van der Waals surface area contributed by atoms with Gasteiger partial charge in [0.25, 0.3) is 0 Å². The molecular weight excluding hydrogens is 311 g/mol. The van der Waals surface area contributed by atoms with Gasteiger partial charge < -0.3 is 10.6 Å². The molecule has 0 aliphatic rings. The third kappa shape index (κ3) is 5.19. The van der Waals surface area contributed by atoms with Crippen molar-refractivity contribution in [3.8, 4) is 0 Å². The third-order valence-corrected chi connectivity index (χ3v) is 3.44. The van der Waals surface area contributed by atoms with Crippen molar-refractivity contribution < 1.29 is 9.18 Å². The molecule has 0 radical (unpaired) electrons. The van der Waals surface area contributed by atoms with Crippen molar-refractivity contribution in [1.82, 2.24) is 5.32 Å². The maximum Gasteiger partial charge on any atom is 0.239 e. The number of aryl methyl sites for hydroxylation is 1. The second-order valence-corrected chi connectivity index (χ2v) is 5.55. The molecule has 0 bridgehead atoms. The fourth-order valence-corrected chi connectivity index (χ4v) is 2.19. The smallest absolute Gasteiger partial charge is 0.239 e. The Morgan fingerprint density at radius 3 is 2.79 bits per heavy atom. The molecule has 1 aromatic rings. The Labute approximate surface area is 122 Å². The predicted octanol–water partition coefficient (Wildman–Crippen LogP) is 3.61. The summed E-state index contributed by atoms with van der Waals surface area (Å²) in [6.07, 6.45) is 2.01. The number of amides is 1. The number of benzene rings is 1. The average Bonchev–Trinajstić information content (AvgIpc) is 2.32. The molecule has 0 saturated carbocycles. The van der Waals surface area contributed by atoms with Crippen molar-refractivity contribution in [2.45, 2.75) is 39.7 Å². The van der Waals surface area contributed by atoms with E-state index in [0.717, 1.165) is 24.1 Å². The minimum atomic E-state index is -0.302. The second-order valence-electron chi connectivity index (χ2n) is 4.69. The van der Waals surface area contributed by atoms with Gasteiger partial charge in [-0.1, -0.05) is 13.3 Å². The van der Waals surface area contributed by atoms with E-state index in [1.54, 1.807) is 13.0 Å². The highest BCUT2D eigenvalue weighted by Crippen LogP contribution is 2.23. The first-order chi connectivity index (χ1) is 8.93. The molecule has 3 nitrogen and oxygen atoms in total. The van der Waals surface area contributed by atoms with Crippen LogP contribution in [0.1, 0.15) is 32.3 Å². The number of carbonyl (C=O) groups excluding carboxylic acids is 1. The van der Waals surface area contributed by atoms with Crippen LogP contribution in [0.5, 0.6) is 0 Å². The quantitative estimate of drug-likeness (QED) is 0.836. The highest BCUT2D eigenvalue weighted by atomic mass is 79.9. The Morgan fingerprint density at radius 2 is 2.16 bits per heavy atom. The predicted molar refractivity (Wildman–Crippen MR) is 79.8 cm³/mol. The fourth-order valence-electron chi connectivity index (χ4n) is 1.84. The van der Waals surface area contributed by atoms with Crippen molar-refractivity contribution in [1.29, 1.82) is 0 Å². The van der Waals surface area contributed by atoms with Crippen LogP contribution >= 0.6 is 15.9 Å². The standard InChI is InChI=1S/C14H20BrFN2O/c1-4-5-10(3)18-14(19)8-17-13-7-11(15)12(16)6-9(13)2/h6-7,10,17H,4-5,8H2,1-3H3,(H,18,19). The van der Waals surface area contributed by atoms with Crippen molar-refractivity contribution in [3.63, 3.8) is 0 Å². The van der Waals surface area contributed by atoms with Gasteiger partial charge in [-0.25, -0.2) is 4.39 Å². The van der Waals surface area contributed by atoms with Crippen LogP contribution in [0.3, 0.4) is 0 Å². The van der Waals surface area contributed by atoms with Crippen LogP contribution in [-0.2, 0) is 4.79 Å². The lowest BCUT2D eigenvalue weighted by Crippen LogP contribution is -2.36. The molecule has 1 aromatic carbocycles. The van der Waals surface area contributed by atoms with Crippen LogP contribution in [0.25, 0.3) is 0 Å². The molecule has 5 heteroatoms. The molecule has 0 spiro atoms. The molecule has 106 valence electrons. The zero-order valence-electron chi connectivity index (χ0n) is 11.5. The van der Waals surface area contributed by atoms with E-state index in [2.05, 4.69) is 33.5 Å². The van der Waals surface area contributed by atoms with Crippen molar-refractivity contribution >= 4 is 27.5 Å². The Balaban J connectivity index is 2.53. The lowest BCUT2D eigenvalue weighted by molar-refractivity contribution is -0.120. The van der Waals surface area contributed by atoms with Gasteiger partial charge in [0.1, 0.15) is 5.82 Å². The SMILES string of the molecule is CCCC(C)NC(=O)CNc1cc(Br)c(F)cc1C. The molecule has 1 rings (SSSR count). The first kappa shape index (κ1) is 16.0. The van der Waals surface area contributed by atoms with Crippen molar-refractivity contribution in [2.24, 2.45) is 0 Å². The Bertz CT molecular complexity index is 451. The van der Waals surface area contributed by atoms with Gasteiger partial charge in [-0.3, -0.25) is 4.79 Å². The summed E-state index contributed by atoms with van der Waals surface area (Å²) in [6.45, 7) is 6.06. The van der Waals surface area contributed by atoms with Crippen LogP contribution in [-0.4, -0.2) is 18.5 Å². The maximum absolute atomic E-state index is 13.3. The number of anilines is 1. The molecule has 2 N–H and O–H groups in total. The monoisotopic (exact) mass is 330 g/mol. The van der Waals surface area contributed by atoms with E-state index in [1.807, 2.05) is 6.92 Å². The van der Waals surface area contributed by atoms with E-state index >= 15 is 0 Å². The van der Waals surface area contributed by atoms with Gasteiger partial charge in [0, 0.05) is 11.7 Å². The summed E-state index contributed by atoms with van der Waals surface area (Å²) in [5.41, 5.74) is 1.53. The van der Waals surface area contributed by atoms with Crippen LogP contribution in [0, 0.1) is 12.7 Å². The number of nitrogens with one attached hydrogen (secondary N) is 2. The minimum Gasteiger partial charge on any atom is -0.376 e. The molecular formula is C14H20BrFN2O. The fraction of sp³-hybridized carbons (Fsp3) is 0.500. The van der Waals surface area contributed by atoms with Crippen LogP contribution in [0.15, 0.2) is 16.6 Å². The Kier molecular flexibility index (Phi) is 6.28. The summed E-state index contributed by atoms with van der Waals surface area (Å²) < 4.78 is 13.7. The molecule has 0 saturated heterocycles. The van der Waals surface area contributed by atoms with Crippen molar-refractivity contribution in [3.05, 3.63) is 28.0 Å². The van der Waals surface area contributed by atoms with Gasteiger partial charge in [-0.2, -0.15) is 0 Å². The number of rotatable bonds is 6. The van der Waals surface area contributed by atoms with E-state index < -0.39 is 0 Å². The number of carbonyl (C=O) groups is 1. The van der Waals surface area contributed by atoms with E-state index in [9.17, 15) is 9.18 Å². The summed E-state index contributed by atoms with van der Waals surface area (Å²) in [4.78, 5) is 11.7. The van der Waals surface area contributed by atoms with Gasteiger partial charge >= 0.3 is 0 Å². The van der Waals surface area contributed by atoms with Gasteiger partial charge in [-0.05, 0) is 53.9 Å². The number of halogens is 2. The highest BCUT2D eigenvalue weighted by Gasteiger charge is 2.08. The molecule has 0 aliphatic heterocycles. The molecule has 1 amide bonds. The lowest BCUT2D eigenvalue weighted by atomic mass is 10.2. The van der Waals surface area contributed by atoms with E-state index in [1.165, 1.54) is 6.07 Å².